The monoisotopic (exact) mass is 268 g/mol. The second-order valence-corrected chi connectivity index (χ2v) is 4.70. The molecule has 1 saturated heterocycles. The molecular weight excluding hydrogens is 256 g/mol. The maximum atomic E-state index is 12.2. The zero-order chi connectivity index (χ0) is 14.1. The fraction of sp³-hybridized carbons (Fsp3) is 0.133. The fourth-order valence-electron chi connectivity index (χ4n) is 2.27. The average molecular weight is 268 g/mol. The van der Waals surface area contributed by atoms with Gasteiger partial charge in [0.1, 0.15) is 0 Å². The Morgan fingerprint density at radius 3 is 2.55 bits per heavy atom. The number of nitro benzene ring substituents is 1. The molecule has 0 amide bonds. The van der Waals surface area contributed by atoms with Crippen molar-refractivity contribution < 1.29 is 9.72 Å². The molecule has 1 heterocycles. The van der Waals surface area contributed by atoms with Gasteiger partial charge in [-0.15, -0.1) is 0 Å². The summed E-state index contributed by atoms with van der Waals surface area (Å²) in [7, 11) is 0. The molecule has 2 atom stereocenters. The second kappa shape index (κ2) is 4.86. The van der Waals surface area contributed by atoms with Crippen LogP contribution in [0.15, 0.2) is 54.6 Å². The average Bonchev–Trinajstić information content (AvgIpc) is 3.28. The zero-order valence-corrected chi connectivity index (χ0v) is 10.5. The SMILES string of the molecule is O=C(c1ccccc1)C1NC1c1cccc([N+](=O)[O-])c1. The topological polar surface area (TPSA) is 82.2 Å². The van der Waals surface area contributed by atoms with Crippen LogP contribution in [0.5, 0.6) is 0 Å². The van der Waals surface area contributed by atoms with Gasteiger partial charge in [-0.1, -0.05) is 42.5 Å². The van der Waals surface area contributed by atoms with E-state index >= 15 is 0 Å². The van der Waals surface area contributed by atoms with Crippen LogP contribution in [0.4, 0.5) is 5.69 Å². The quantitative estimate of drug-likeness (QED) is 0.399. The van der Waals surface area contributed by atoms with E-state index in [4.69, 9.17) is 0 Å². The first-order chi connectivity index (χ1) is 9.66. The van der Waals surface area contributed by atoms with Crippen molar-refractivity contribution in [3.8, 4) is 0 Å². The summed E-state index contributed by atoms with van der Waals surface area (Å²) in [6, 6.07) is 15.0. The Morgan fingerprint density at radius 2 is 1.85 bits per heavy atom. The molecule has 0 spiro atoms. The van der Waals surface area contributed by atoms with Gasteiger partial charge in [0.15, 0.2) is 5.78 Å². The van der Waals surface area contributed by atoms with Crippen molar-refractivity contribution in [2.24, 2.45) is 0 Å². The van der Waals surface area contributed by atoms with E-state index in [0.717, 1.165) is 5.56 Å². The van der Waals surface area contributed by atoms with Crippen molar-refractivity contribution in [3.05, 3.63) is 75.8 Å². The van der Waals surface area contributed by atoms with E-state index in [0.29, 0.717) is 5.56 Å². The predicted octanol–water partition coefficient (Wildman–Crippen LogP) is 2.49. The molecule has 0 radical (unpaired) electrons. The third-order valence-electron chi connectivity index (χ3n) is 3.36. The summed E-state index contributed by atoms with van der Waals surface area (Å²) in [6.07, 6.45) is 0. The summed E-state index contributed by atoms with van der Waals surface area (Å²) in [5, 5.41) is 13.8. The van der Waals surface area contributed by atoms with Gasteiger partial charge in [-0.2, -0.15) is 0 Å². The highest BCUT2D eigenvalue weighted by Gasteiger charge is 2.43. The molecule has 1 N–H and O–H groups in total. The lowest BCUT2D eigenvalue weighted by atomic mass is 10.0. The van der Waals surface area contributed by atoms with Crippen LogP contribution in [0.25, 0.3) is 0 Å². The summed E-state index contributed by atoms with van der Waals surface area (Å²) in [6.45, 7) is 0. The van der Waals surface area contributed by atoms with Gasteiger partial charge in [0.2, 0.25) is 0 Å². The summed E-state index contributed by atoms with van der Waals surface area (Å²) in [5.41, 5.74) is 1.47. The molecular formula is C15H12N2O3. The number of ketones is 1. The van der Waals surface area contributed by atoms with E-state index in [9.17, 15) is 14.9 Å². The Bertz CT molecular complexity index is 670. The molecule has 1 aliphatic rings. The van der Waals surface area contributed by atoms with Gasteiger partial charge in [-0.05, 0) is 5.56 Å². The molecule has 2 aromatic carbocycles. The Labute approximate surface area is 115 Å². The van der Waals surface area contributed by atoms with Crippen LogP contribution in [0.1, 0.15) is 22.0 Å². The number of carbonyl (C=O) groups excluding carboxylic acids is 1. The van der Waals surface area contributed by atoms with Crippen LogP contribution in [-0.2, 0) is 0 Å². The molecule has 5 nitrogen and oxygen atoms in total. The van der Waals surface area contributed by atoms with Crippen molar-refractivity contribution >= 4 is 11.5 Å². The Hall–Kier alpha value is -2.53. The number of nitrogens with zero attached hydrogens (tertiary/aromatic N) is 1. The van der Waals surface area contributed by atoms with Gasteiger partial charge >= 0.3 is 0 Å². The third kappa shape index (κ3) is 2.31. The first-order valence-corrected chi connectivity index (χ1v) is 6.26. The van der Waals surface area contributed by atoms with E-state index in [1.54, 1.807) is 24.3 Å². The number of nitrogens with one attached hydrogen (secondary N) is 1. The fourth-order valence-corrected chi connectivity index (χ4v) is 2.27. The lowest BCUT2D eigenvalue weighted by molar-refractivity contribution is -0.384. The number of hydrogen-bond donors (Lipinski definition) is 1. The Kier molecular flexibility index (Phi) is 3.04. The van der Waals surface area contributed by atoms with Crippen LogP contribution >= 0.6 is 0 Å². The van der Waals surface area contributed by atoms with E-state index in [1.165, 1.54) is 12.1 Å². The summed E-state index contributed by atoms with van der Waals surface area (Å²) >= 11 is 0. The number of carbonyl (C=O) groups is 1. The van der Waals surface area contributed by atoms with Crippen LogP contribution in [-0.4, -0.2) is 16.7 Å². The van der Waals surface area contributed by atoms with Gasteiger partial charge in [-0.3, -0.25) is 20.2 Å². The third-order valence-corrected chi connectivity index (χ3v) is 3.36. The smallest absolute Gasteiger partial charge is 0.269 e. The largest absolute Gasteiger partial charge is 0.297 e. The molecule has 2 aromatic rings. The minimum absolute atomic E-state index is 0.0158. The predicted molar refractivity (Wildman–Crippen MR) is 73.5 cm³/mol. The number of hydrogen-bond acceptors (Lipinski definition) is 4. The van der Waals surface area contributed by atoms with Gasteiger partial charge in [0.25, 0.3) is 5.69 Å². The van der Waals surface area contributed by atoms with E-state index in [2.05, 4.69) is 5.32 Å². The summed E-state index contributed by atoms with van der Waals surface area (Å²) in [4.78, 5) is 22.5. The van der Waals surface area contributed by atoms with Gasteiger partial charge in [0.05, 0.1) is 17.0 Å². The molecule has 0 aliphatic carbocycles. The molecule has 0 bridgehead atoms. The molecule has 100 valence electrons. The summed E-state index contributed by atoms with van der Waals surface area (Å²) in [5.74, 6) is 0.0158. The maximum Gasteiger partial charge on any atom is 0.269 e. The van der Waals surface area contributed by atoms with E-state index in [1.807, 2.05) is 18.2 Å². The Balaban J connectivity index is 1.78. The lowest BCUT2D eigenvalue weighted by Gasteiger charge is -1.99. The maximum absolute atomic E-state index is 12.2. The standard InChI is InChI=1S/C15H12N2O3/c18-15(10-5-2-1-3-6-10)14-13(16-14)11-7-4-8-12(9-11)17(19)20/h1-9,13-14,16H. The van der Waals surface area contributed by atoms with E-state index < -0.39 is 4.92 Å². The van der Waals surface area contributed by atoms with Crippen LogP contribution in [0.3, 0.4) is 0 Å². The second-order valence-electron chi connectivity index (χ2n) is 4.70. The van der Waals surface area contributed by atoms with E-state index in [-0.39, 0.29) is 23.6 Å². The van der Waals surface area contributed by atoms with Crippen molar-refractivity contribution in [1.29, 1.82) is 0 Å². The van der Waals surface area contributed by atoms with Crippen LogP contribution in [0, 0.1) is 10.1 Å². The molecule has 3 rings (SSSR count). The minimum Gasteiger partial charge on any atom is -0.297 e. The van der Waals surface area contributed by atoms with Crippen LogP contribution in [0.2, 0.25) is 0 Å². The van der Waals surface area contributed by atoms with Crippen molar-refractivity contribution in [2.75, 3.05) is 0 Å². The molecule has 1 aliphatic heterocycles. The minimum atomic E-state index is -0.431. The van der Waals surface area contributed by atoms with Crippen molar-refractivity contribution in [1.82, 2.24) is 5.32 Å². The number of Topliss-reactive ketones (excluding diaryl/α,β-unsaturated/α-hetero) is 1. The van der Waals surface area contributed by atoms with Gasteiger partial charge < -0.3 is 0 Å². The first-order valence-electron chi connectivity index (χ1n) is 6.26. The highest BCUT2D eigenvalue weighted by Crippen LogP contribution is 2.33. The molecule has 0 aromatic heterocycles. The molecule has 20 heavy (non-hydrogen) atoms. The number of benzene rings is 2. The number of nitro groups is 1. The van der Waals surface area contributed by atoms with Gasteiger partial charge in [-0.25, -0.2) is 0 Å². The Morgan fingerprint density at radius 1 is 1.10 bits per heavy atom. The molecule has 1 fully saturated rings. The number of non-ortho nitro benzene ring substituents is 1. The normalized spacial score (nSPS) is 20.4. The first kappa shape index (κ1) is 12.5. The number of rotatable bonds is 4. The van der Waals surface area contributed by atoms with Crippen LogP contribution < -0.4 is 5.32 Å². The molecule has 0 saturated carbocycles. The van der Waals surface area contributed by atoms with Crippen molar-refractivity contribution in [3.63, 3.8) is 0 Å². The summed E-state index contributed by atoms with van der Waals surface area (Å²) < 4.78 is 0. The van der Waals surface area contributed by atoms with Crippen molar-refractivity contribution in [2.45, 2.75) is 12.1 Å². The van der Waals surface area contributed by atoms with Gasteiger partial charge in [0, 0.05) is 17.7 Å². The molecule has 2 unspecified atom stereocenters. The highest BCUT2D eigenvalue weighted by atomic mass is 16.6. The highest BCUT2D eigenvalue weighted by molar-refractivity contribution is 6.02. The lowest BCUT2D eigenvalue weighted by Crippen LogP contribution is -2.10. The molecule has 5 heteroatoms. The zero-order valence-electron chi connectivity index (χ0n) is 10.5.